The maximum Gasteiger partial charge on any atom is 0.318 e. The molecule has 17 heteroatoms. The first kappa shape index (κ1) is 52.8. The average Bonchev–Trinajstić information content (AvgIpc) is 4.27. The van der Waals surface area contributed by atoms with Gasteiger partial charge in [-0.1, -0.05) is 55.7 Å². The Morgan fingerprint density at radius 1 is 0.722 bits per heavy atom. The molecule has 0 bridgehead atoms. The first-order valence-corrected chi connectivity index (χ1v) is 29.5. The maximum atomic E-state index is 12.9. The van der Waals surface area contributed by atoms with Crippen molar-refractivity contribution in [1.82, 2.24) is 39.5 Å². The molecule has 7 unspecified atom stereocenters. The minimum Gasteiger partial charge on any atom is -0.462 e. The summed E-state index contributed by atoms with van der Waals surface area (Å²) >= 11 is 1.84. The lowest BCUT2D eigenvalue weighted by atomic mass is 9.66. The molecule has 4 fully saturated rings. The quantitative estimate of drug-likeness (QED) is 0.121. The SMILES string of the molecule is C=CC(=O)N1CCN(c2nc(OCC3CCCN3C)nc3c2CCC2(C=Cc4c(cccc4C4CC(COc5nc6c(c(N7CCN(C(=O)C=C)C(CC#N)C7)n5)CCC5(C=Cc7ccsc7C5)C6)N(C)C4)C2)C3)CC1CC#N. The molecule has 0 radical (unpaired) electrons. The third-order valence-electron chi connectivity index (χ3n) is 18.9. The van der Waals surface area contributed by atoms with Gasteiger partial charge in [0.1, 0.15) is 24.8 Å². The molecular formula is C62H72N12O4S. The number of rotatable bonds is 13. The third kappa shape index (κ3) is 10.3. The predicted molar refractivity (Wildman–Crippen MR) is 306 cm³/mol. The summed E-state index contributed by atoms with van der Waals surface area (Å²) in [5, 5.41) is 21.8. The highest BCUT2D eigenvalue weighted by molar-refractivity contribution is 7.10. The first-order valence-electron chi connectivity index (χ1n) is 28.6. The van der Waals surface area contributed by atoms with Crippen molar-refractivity contribution in [2.24, 2.45) is 10.8 Å². The number of fused-ring (bicyclic) bond motifs is 4. The predicted octanol–water partition coefficient (Wildman–Crippen LogP) is 7.39. The summed E-state index contributed by atoms with van der Waals surface area (Å²) < 4.78 is 13.3. The highest BCUT2D eigenvalue weighted by Crippen LogP contribution is 2.49. The number of likely N-dealkylation sites (tertiary alicyclic amines) is 2. The summed E-state index contributed by atoms with van der Waals surface area (Å²) in [6.45, 7) is 13.6. The number of likely N-dealkylation sites (N-methyl/N-ethyl adjacent to an activating group) is 2. The number of hydrogen-bond acceptors (Lipinski definition) is 15. The van der Waals surface area contributed by atoms with Crippen LogP contribution in [0, 0.1) is 33.5 Å². The van der Waals surface area contributed by atoms with Crippen molar-refractivity contribution in [3.63, 3.8) is 0 Å². The van der Waals surface area contributed by atoms with Crippen molar-refractivity contribution < 1.29 is 19.1 Å². The van der Waals surface area contributed by atoms with Crippen LogP contribution in [-0.4, -0.2) is 155 Å². The smallest absolute Gasteiger partial charge is 0.318 e. The molecule has 410 valence electrons. The molecule has 2 amide bonds. The summed E-state index contributed by atoms with van der Waals surface area (Å²) in [5.41, 5.74) is 9.62. The van der Waals surface area contributed by atoms with Crippen LogP contribution < -0.4 is 19.3 Å². The van der Waals surface area contributed by atoms with Crippen LogP contribution in [0.15, 0.2) is 67.1 Å². The van der Waals surface area contributed by atoms with Crippen LogP contribution in [0.2, 0.25) is 0 Å². The van der Waals surface area contributed by atoms with Crippen molar-refractivity contribution >= 4 is 46.9 Å². The van der Waals surface area contributed by atoms with E-state index in [1.165, 1.54) is 39.3 Å². The van der Waals surface area contributed by atoms with E-state index < -0.39 is 0 Å². The summed E-state index contributed by atoms with van der Waals surface area (Å²) in [6, 6.07) is 14.4. The second-order valence-corrected chi connectivity index (χ2v) is 24.6. The number of ether oxygens (including phenoxy) is 2. The van der Waals surface area contributed by atoms with E-state index in [9.17, 15) is 20.1 Å². The average molecular weight is 1080 g/mol. The summed E-state index contributed by atoms with van der Waals surface area (Å²) in [5.74, 6) is 1.76. The number of carbonyl (C=O) groups excluding carboxylic acids is 2. The normalized spacial score (nSPS) is 27.2. The fraction of sp³-hybridized carbons (Fsp3) is 0.516. The maximum absolute atomic E-state index is 12.9. The minimum absolute atomic E-state index is 0.0200. The fourth-order valence-electron chi connectivity index (χ4n) is 14.5. The standard InChI is InChI=1S/C62H72N12O4S/c1-5-55(75)73-28-26-71(37-44(73)16-23-63)57-50-14-21-61(33-52(50)65-59(67-57)77-39-46-10-8-25-69(46)3)20-13-49-42(32-61)9-7-11-48(49)43-31-47(70(4)36-43)40-78-60-66-53-34-62(19-12-41-18-30-79-54(41)35-62)22-15-51(53)58(68-60)72-27-29-74(56(76)6-2)45(38-72)17-24-64/h5-7,9,11-13,18-20,30,43-47H,1-2,8,10,14-17,21-22,25-29,31-40H2,3-4H3. The molecule has 0 saturated carbocycles. The third-order valence-corrected chi connectivity index (χ3v) is 19.9. The highest BCUT2D eigenvalue weighted by Gasteiger charge is 2.43. The molecule has 7 heterocycles. The topological polar surface area (TPSA) is 171 Å². The van der Waals surface area contributed by atoms with Gasteiger partial charge in [0.2, 0.25) is 11.8 Å². The molecule has 4 saturated heterocycles. The number of aromatic nitrogens is 4. The number of piperazine rings is 2. The van der Waals surface area contributed by atoms with Gasteiger partial charge in [0.25, 0.3) is 0 Å². The zero-order valence-corrected chi connectivity index (χ0v) is 46.6. The molecular weight excluding hydrogens is 1010 g/mol. The van der Waals surface area contributed by atoms with Gasteiger partial charge in [-0.2, -0.15) is 30.5 Å². The van der Waals surface area contributed by atoms with Gasteiger partial charge in [-0.3, -0.25) is 14.5 Å². The number of nitrogens with zero attached hydrogens (tertiary/aromatic N) is 12. The molecule has 8 aliphatic rings. The zero-order chi connectivity index (χ0) is 54.4. The van der Waals surface area contributed by atoms with Gasteiger partial charge < -0.3 is 34.0 Å². The molecule has 4 aliphatic heterocycles. The lowest BCUT2D eigenvalue weighted by molar-refractivity contribution is -0.129. The van der Waals surface area contributed by atoms with Crippen LogP contribution in [0.1, 0.15) is 101 Å². The Balaban J connectivity index is 0.767. The minimum atomic E-state index is -0.272. The molecule has 16 nitrogen and oxygen atoms in total. The van der Waals surface area contributed by atoms with E-state index in [1.807, 2.05) is 11.3 Å². The van der Waals surface area contributed by atoms with Crippen LogP contribution >= 0.6 is 11.3 Å². The first-order chi connectivity index (χ1) is 38.4. The Labute approximate surface area is 468 Å². The molecule has 12 rings (SSSR count). The van der Waals surface area contributed by atoms with E-state index in [0.717, 1.165) is 118 Å². The zero-order valence-electron chi connectivity index (χ0n) is 45.8. The van der Waals surface area contributed by atoms with Crippen molar-refractivity contribution in [3.05, 3.63) is 117 Å². The van der Waals surface area contributed by atoms with Crippen LogP contribution in [0.25, 0.3) is 12.2 Å². The fourth-order valence-corrected chi connectivity index (χ4v) is 15.5. The number of hydrogen-bond donors (Lipinski definition) is 0. The van der Waals surface area contributed by atoms with Gasteiger partial charge in [-0.05, 0) is 154 Å². The van der Waals surface area contributed by atoms with Gasteiger partial charge in [0, 0.05) is 73.9 Å². The molecule has 2 spiro atoms. The number of nitriles is 2. The van der Waals surface area contributed by atoms with Crippen molar-refractivity contribution in [1.29, 1.82) is 10.5 Å². The van der Waals surface area contributed by atoms with Crippen molar-refractivity contribution in [2.45, 2.75) is 114 Å². The van der Waals surface area contributed by atoms with E-state index >= 15 is 0 Å². The number of carbonyl (C=O) groups is 2. The van der Waals surface area contributed by atoms with E-state index in [-0.39, 0.29) is 53.6 Å². The van der Waals surface area contributed by atoms with Crippen molar-refractivity contribution in [3.8, 4) is 24.2 Å². The van der Waals surface area contributed by atoms with Gasteiger partial charge in [-0.25, -0.2) is 0 Å². The Kier molecular flexibility index (Phi) is 14.7. The largest absolute Gasteiger partial charge is 0.462 e. The lowest BCUT2D eigenvalue weighted by Crippen LogP contribution is -2.55. The Morgan fingerprint density at radius 3 is 1.92 bits per heavy atom. The molecule has 0 N–H and O–H groups in total. The molecule has 79 heavy (non-hydrogen) atoms. The number of anilines is 2. The second-order valence-electron chi connectivity index (χ2n) is 23.6. The van der Waals surface area contributed by atoms with E-state index in [2.05, 4.69) is 113 Å². The van der Waals surface area contributed by atoms with Crippen molar-refractivity contribution in [2.75, 3.05) is 89.5 Å². The van der Waals surface area contributed by atoms with Gasteiger partial charge in [0.15, 0.2) is 0 Å². The van der Waals surface area contributed by atoms with Crippen LogP contribution in [0.3, 0.4) is 0 Å². The Bertz CT molecular complexity index is 3200. The molecule has 1 aromatic carbocycles. The summed E-state index contributed by atoms with van der Waals surface area (Å²) in [6.07, 6.45) is 23.0. The molecule has 4 aromatic rings. The van der Waals surface area contributed by atoms with Crippen LogP contribution in [0.5, 0.6) is 12.0 Å². The van der Waals surface area contributed by atoms with E-state index in [4.69, 9.17) is 29.4 Å². The highest BCUT2D eigenvalue weighted by atomic mass is 32.1. The summed E-state index contributed by atoms with van der Waals surface area (Å²) in [4.78, 5) is 60.8. The van der Waals surface area contributed by atoms with Gasteiger partial charge in [-0.15, -0.1) is 11.3 Å². The number of allylic oxidation sites excluding steroid dienone is 2. The summed E-state index contributed by atoms with van der Waals surface area (Å²) in [7, 11) is 4.36. The second kappa shape index (κ2) is 22.0. The van der Waals surface area contributed by atoms with Gasteiger partial charge in [0.05, 0.1) is 48.5 Å². The Hall–Kier alpha value is -6.92. The number of thiophene rings is 1. The molecule has 7 atom stereocenters. The monoisotopic (exact) mass is 1080 g/mol. The number of amides is 2. The van der Waals surface area contributed by atoms with Gasteiger partial charge >= 0.3 is 12.0 Å². The molecule has 4 aliphatic carbocycles. The van der Waals surface area contributed by atoms with E-state index in [0.29, 0.717) is 76.5 Å². The van der Waals surface area contributed by atoms with E-state index in [1.54, 1.807) is 9.80 Å². The van der Waals surface area contributed by atoms with Crippen LogP contribution in [0.4, 0.5) is 11.6 Å². The van der Waals surface area contributed by atoms with Crippen LogP contribution in [-0.2, 0) is 48.1 Å². The number of benzene rings is 1. The Morgan fingerprint density at radius 2 is 1.33 bits per heavy atom. The lowest BCUT2D eigenvalue weighted by Gasteiger charge is -2.43. The molecule has 3 aromatic heterocycles.